The van der Waals surface area contributed by atoms with Crippen LogP contribution in [0.2, 0.25) is 0 Å². The summed E-state index contributed by atoms with van der Waals surface area (Å²) in [6.45, 7) is 4.70. The van der Waals surface area contributed by atoms with Gasteiger partial charge >= 0.3 is 0 Å². The van der Waals surface area contributed by atoms with Gasteiger partial charge in [-0.05, 0) is 61.8 Å². The van der Waals surface area contributed by atoms with Gasteiger partial charge in [0.2, 0.25) is 11.8 Å². The number of amides is 3. The summed E-state index contributed by atoms with van der Waals surface area (Å²) in [6, 6.07) is 19.4. The second-order valence-corrected chi connectivity index (χ2v) is 10.7. The molecule has 1 N–H and O–H groups in total. The third-order valence-electron chi connectivity index (χ3n) is 8.14. The summed E-state index contributed by atoms with van der Waals surface area (Å²) < 4.78 is 0. The van der Waals surface area contributed by atoms with Crippen LogP contribution < -0.4 is 10.2 Å². The Kier molecular flexibility index (Phi) is 7.77. The van der Waals surface area contributed by atoms with Crippen LogP contribution in [0.1, 0.15) is 73.4 Å². The second-order valence-electron chi connectivity index (χ2n) is 10.7. The maximum atomic E-state index is 13.6. The van der Waals surface area contributed by atoms with Crippen molar-refractivity contribution in [1.29, 1.82) is 0 Å². The number of aryl methyl sites for hydroxylation is 1. The topological polar surface area (TPSA) is 69.7 Å². The Labute approximate surface area is 225 Å². The van der Waals surface area contributed by atoms with Crippen molar-refractivity contribution < 1.29 is 14.4 Å². The van der Waals surface area contributed by atoms with E-state index in [1.165, 1.54) is 6.42 Å². The summed E-state index contributed by atoms with van der Waals surface area (Å²) in [7, 11) is 0. The van der Waals surface area contributed by atoms with Crippen LogP contribution in [0.5, 0.6) is 0 Å². The first-order valence-corrected chi connectivity index (χ1v) is 13.9. The summed E-state index contributed by atoms with van der Waals surface area (Å²) in [5.74, 6) is -0.168. The number of hydrogen-bond donors (Lipinski definition) is 1. The molecule has 1 unspecified atom stereocenters. The minimum atomic E-state index is -0.574. The number of carbonyl (C=O) groups is 3. The van der Waals surface area contributed by atoms with Gasteiger partial charge in [0.15, 0.2) is 0 Å². The van der Waals surface area contributed by atoms with E-state index in [1.54, 1.807) is 9.80 Å². The molecule has 1 saturated carbocycles. The van der Waals surface area contributed by atoms with Gasteiger partial charge in [0.05, 0.1) is 5.69 Å². The molecule has 3 amide bonds. The zero-order valence-corrected chi connectivity index (χ0v) is 22.4. The zero-order valence-electron chi connectivity index (χ0n) is 22.4. The third-order valence-corrected chi connectivity index (χ3v) is 8.14. The Morgan fingerprint density at radius 1 is 1.00 bits per heavy atom. The maximum absolute atomic E-state index is 13.6. The lowest BCUT2D eigenvalue weighted by Crippen LogP contribution is -2.50. The van der Waals surface area contributed by atoms with Crippen LogP contribution >= 0.6 is 0 Å². The van der Waals surface area contributed by atoms with E-state index in [2.05, 4.69) is 5.32 Å². The quantitative estimate of drug-likeness (QED) is 0.397. The van der Waals surface area contributed by atoms with Crippen molar-refractivity contribution in [3.8, 4) is 0 Å². The first-order valence-electron chi connectivity index (χ1n) is 13.9. The SMILES string of the molecule is Cc1ccccc1CN(C(=O)CCCN1C(=O)c2cccc3cccc1c23)C(C)C(=O)NC1CCCCC1. The minimum absolute atomic E-state index is 0.0127. The molecule has 2 aliphatic rings. The molecule has 198 valence electrons. The van der Waals surface area contributed by atoms with Crippen molar-refractivity contribution in [2.75, 3.05) is 11.4 Å². The van der Waals surface area contributed by atoms with Crippen molar-refractivity contribution in [2.45, 2.75) is 77.4 Å². The Bertz CT molecular complexity index is 1340. The fraction of sp³-hybridized carbons (Fsp3) is 0.406. The van der Waals surface area contributed by atoms with Crippen molar-refractivity contribution in [2.24, 2.45) is 0 Å². The smallest absolute Gasteiger partial charge is 0.258 e. The van der Waals surface area contributed by atoms with E-state index >= 15 is 0 Å². The van der Waals surface area contributed by atoms with Gasteiger partial charge in [0.1, 0.15) is 6.04 Å². The van der Waals surface area contributed by atoms with E-state index < -0.39 is 6.04 Å². The van der Waals surface area contributed by atoms with Gasteiger partial charge in [-0.2, -0.15) is 0 Å². The number of nitrogens with one attached hydrogen (secondary N) is 1. The Hall–Kier alpha value is -3.67. The first-order chi connectivity index (χ1) is 18.4. The number of carbonyl (C=O) groups excluding carboxylic acids is 3. The molecule has 3 aromatic rings. The second kappa shape index (κ2) is 11.4. The van der Waals surface area contributed by atoms with E-state index in [4.69, 9.17) is 0 Å². The summed E-state index contributed by atoms with van der Waals surface area (Å²) in [5, 5.41) is 5.23. The lowest BCUT2D eigenvalue weighted by Gasteiger charge is -2.32. The van der Waals surface area contributed by atoms with Crippen LogP contribution in [0.15, 0.2) is 60.7 Å². The van der Waals surface area contributed by atoms with Crippen LogP contribution in [0.4, 0.5) is 5.69 Å². The van der Waals surface area contributed by atoms with Gasteiger partial charge in [0, 0.05) is 36.5 Å². The molecule has 6 heteroatoms. The first kappa shape index (κ1) is 26.0. The number of hydrogen-bond acceptors (Lipinski definition) is 3. The standard InChI is InChI=1S/C32H37N3O3/c1-22-11-6-7-12-25(22)21-35(23(2)31(37)33-26-15-4-3-5-16-26)29(36)19-10-20-34-28-18-9-14-24-13-8-17-27(30(24)28)32(34)38/h6-9,11-14,17-18,23,26H,3-5,10,15-16,19-21H2,1-2H3,(H,33,37). The van der Waals surface area contributed by atoms with Gasteiger partial charge < -0.3 is 15.1 Å². The fourth-order valence-corrected chi connectivity index (χ4v) is 5.86. The Balaban J connectivity index is 1.27. The highest BCUT2D eigenvalue weighted by atomic mass is 16.2. The highest BCUT2D eigenvalue weighted by Gasteiger charge is 2.31. The van der Waals surface area contributed by atoms with Gasteiger partial charge in [0.25, 0.3) is 5.91 Å². The predicted octanol–water partition coefficient (Wildman–Crippen LogP) is 5.75. The molecule has 0 saturated heterocycles. The van der Waals surface area contributed by atoms with E-state index in [1.807, 2.05) is 74.5 Å². The fourth-order valence-electron chi connectivity index (χ4n) is 5.86. The highest BCUT2D eigenvalue weighted by molar-refractivity contribution is 6.25. The molecule has 6 nitrogen and oxygen atoms in total. The molecule has 1 heterocycles. The van der Waals surface area contributed by atoms with Crippen LogP contribution in [-0.2, 0) is 16.1 Å². The van der Waals surface area contributed by atoms with Crippen LogP contribution in [0.25, 0.3) is 10.8 Å². The number of benzene rings is 3. The van der Waals surface area contributed by atoms with Crippen LogP contribution in [0, 0.1) is 6.92 Å². The van der Waals surface area contributed by atoms with Gasteiger partial charge in [-0.15, -0.1) is 0 Å². The summed E-state index contributed by atoms with van der Waals surface area (Å²) in [5.41, 5.74) is 3.76. The lowest BCUT2D eigenvalue weighted by atomic mass is 9.95. The lowest BCUT2D eigenvalue weighted by molar-refractivity contribution is -0.141. The molecule has 3 aromatic carbocycles. The molecular weight excluding hydrogens is 474 g/mol. The molecule has 0 spiro atoms. The highest BCUT2D eigenvalue weighted by Crippen LogP contribution is 2.37. The molecule has 38 heavy (non-hydrogen) atoms. The Morgan fingerprint density at radius 3 is 2.50 bits per heavy atom. The molecule has 0 bridgehead atoms. The van der Waals surface area contributed by atoms with Crippen molar-refractivity contribution in [1.82, 2.24) is 10.2 Å². The van der Waals surface area contributed by atoms with Gasteiger partial charge in [-0.3, -0.25) is 14.4 Å². The van der Waals surface area contributed by atoms with Gasteiger partial charge in [-0.1, -0.05) is 67.8 Å². The molecule has 5 rings (SSSR count). The van der Waals surface area contributed by atoms with Gasteiger partial charge in [-0.25, -0.2) is 0 Å². The van der Waals surface area contributed by atoms with Crippen molar-refractivity contribution >= 4 is 34.2 Å². The molecule has 1 aliphatic heterocycles. The molecule has 1 atom stereocenters. The van der Waals surface area contributed by atoms with Crippen molar-refractivity contribution in [3.63, 3.8) is 0 Å². The van der Waals surface area contributed by atoms with Crippen LogP contribution in [-0.4, -0.2) is 41.2 Å². The average molecular weight is 512 g/mol. The minimum Gasteiger partial charge on any atom is -0.352 e. The molecule has 0 aromatic heterocycles. The number of rotatable bonds is 9. The molecule has 1 aliphatic carbocycles. The summed E-state index contributed by atoms with van der Waals surface area (Å²) in [4.78, 5) is 43.5. The molecule has 0 radical (unpaired) electrons. The third kappa shape index (κ3) is 5.31. The van der Waals surface area contributed by atoms with E-state index in [-0.39, 0.29) is 30.2 Å². The van der Waals surface area contributed by atoms with E-state index in [0.717, 1.165) is 58.8 Å². The Morgan fingerprint density at radius 2 is 1.74 bits per heavy atom. The van der Waals surface area contributed by atoms with Crippen LogP contribution in [0.3, 0.4) is 0 Å². The zero-order chi connectivity index (χ0) is 26.6. The predicted molar refractivity (Wildman–Crippen MR) is 151 cm³/mol. The summed E-state index contributed by atoms with van der Waals surface area (Å²) in [6.07, 6.45) is 6.29. The van der Waals surface area contributed by atoms with E-state index in [0.29, 0.717) is 19.5 Å². The largest absolute Gasteiger partial charge is 0.352 e. The average Bonchev–Trinajstić information content (AvgIpc) is 3.21. The number of nitrogens with zero attached hydrogens (tertiary/aromatic N) is 2. The molecular formula is C32H37N3O3. The van der Waals surface area contributed by atoms with Crippen molar-refractivity contribution in [3.05, 3.63) is 77.4 Å². The summed E-state index contributed by atoms with van der Waals surface area (Å²) >= 11 is 0. The number of anilines is 1. The maximum Gasteiger partial charge on any atom is 0.258 e. The normalized spacial score (nSPS) is 16.1. The van der Waals surface area contributed by atoms with E-state index in [9.17, 15) is 14.4 Å². The molecule has 1 fully saturated rings. The monoisotopic (exact) mass is 511 g/mol.